The molecule has 1 saturated heterocycles. The van der Waals surface area contributed by atoms with Crippen molar-refractivity contribution in [1.29, 1.82) is 0 Å². The maximum absolute atomic E-state index is 6.10. The first-order valence-electron chi connectivity index (χ1n) is 8.34. The Kier molecular flexibility index (Phi) is 6.14. The van der Waals surface area contributed by atoms with Crippen LogP contribution in [0.2, 0.25) is 5.02 Å². The summed E-state index contributed by atoms with van der Waals surface area (Å²) in [6.07, 6.45) is 1.83. The highest BCUT2D eigenvalue weighted by atomic mass is 35.5. The number of ether oxygens (including phenoxy) is 2. The zero-order chi connectivity index (χ0) is 18.4. The molecule has 0 aliphatic carbocycles. The number of hydrogen-bond acceptors (Lipinski definition) is 5. The fourth-order valence-corrected chi connectivity index (χ4v) is 2.86. The monoisotopic (exact) mass is 375 g/mol. The fourth-order valence-electron chi connectivity index (χ4n) is 2.60. The lowest BCUT2D eigenvalue weighted by Crippen LogP contribution is -2.36. The quantitative estimate of drug-likeness (QED) is 0.617. The van der Waals surface area contributed by atoms with Crippen molar-refractivity contribution in [1.82, 2.24) is 4.98 Å². The number of nitrogens with zero attached hydrogens (tertiary/aromatic N) is 3. The topological polar surface area (TPSA) is 85.0 Å². The van der Waals surface area contributed by atoms with E-state index in [1.54, 1.807) is 19.2 Å². The van der Waals surface area contributed by atoms with Gasteiger partial charge in [-0.3, -0.25) is 0 Å². The van der Waals surface area contributed by atoms with Crippen LogP contribution in [-0.4, -0.2) is 44.4 Å². The van der Waals surface area contributed by atoms with Crippen LogP contribution in [0.15, 0.2) is 41.5 Å². The van der Waals surface area contributed by atoms with Crippen LogP contribution in [0.25, 0.3) is 0 Å². The van der Waals surface area contributed by atoms with E-state index < -0.39 is 0 Å². The van der Waals surface area contributed by atoms with Gasteiger partial charge in [-0.05, 0) is 29.8 Å². The molecule has 2 aromatic rings. The van der Waals surface area contributed by atoms with Crippen molar-refractivity contribution in [2.45, 2.75) is 6.54 Å². The first-order chi connectivity index (χ1) is 12.7. The van der Waals surface area contributed by atoms with Crippen LogP contribution in [0.5, 0.6) is 5.75 Å². The molecule has 1 aromatic heterocycles. The van der Waals surface area contributed by atoms with Gasteiger partial charge in [-0.15, -0.1) is 0 Å². The number of guanidine groups is 1. The van der Waals surface area contributed by atoms with Crippen LogP contribution in [0, 0.1) is 0 Å². The number of nitrogens with one attached hydrogen (secondary N) is 1. The van der Waals surface area contributed by atoms with Crippen molar-refractivity contribution in [2.24, 2.45) is 10.7 Å². The number of nitrogens with two attached hydrogens (primary N) is 1. The number of rotatable bonds is 5. The normalized spacial score (nSPS) is 15.0. The summed E-state index contributed by atoms with van der Waals surface area (Å²) in [6, 6.07) is 9.35. The lowest BCUT2D eigenvalue weighted by molar-refractivity contribution is 0.122. The van der Waals surface area contributed by atoms with Gasteiger partial charge in [0.2, 0.25) is 0 Å². The van der Waals surface area contributed by atoms with E-state index in [-0.39, 0.29) is 0 Å². The van der Waals surface area contributed by atoms with Gasteiger partial charge in [-0.2, -0.15) is 0 Å². The van der Waals surface area contributed by atoms with Crippen LogP contribution in [0.1, 0.15) is 5.56 Å². The van der Waals surface area contributed by atoms with Crippen molar-refractivity contribution in [3.8, 4) is 5.75 Å². The fraction of sp³-hybridized carbons (Fsp3) is 0.333. The number of anilines is 2. The summed E-state index contributed by atoms with van der Waals surface area (Å²) in [7, 11) is 1.57. The first-order valence-corrected chi connectivity index (χ1v) is 8.71. The van der Waals surface area contributed by atoms with E-state index in [2.05, 4.69) is 20.2 Å². The van der Waals surface area contributed by atoms with Crippen LogP contribution < -0.4 is 20.7 Å². The molecule has 1 aliphatic heterocycles. The highest BCUT2D eigenvalue weighted by molar-refractivity contribution is 6.32. The Bertz CT molecular complexity index is 761. The molecular weight excluding hydrogens is 354 g/mol. The van der Waals surface area contributed by atoms with E-state index in [4.69, 9.17) is 26.8 Å². The first kappa shape index (κ1) is 18.3. The highest BCUT2D eigenvalue weighted by Gasteiger charge is 2.11. The third-order valence-corrected chi connectivity index (χ3v) is 4.30. The molecule has 1 aliphatic rings. The minimum Gasteiger partial charge on any atom is -0.495 e. The van der Waals surface area contributed by atoms with Crippen molar-refractivity contribution in [3.05, 3.63) is 47.1 Å². The number of morpholine rings is 1. The Morgan fingerprint density at radius 1 is 1.35 bits per heavy atom. The van der Waals surface area contributed by atoms with Crippen molar-refractivity contribution in [3.63, 3.8) is 0 Å². The second kappa shape index (κ2) is 8.73. The third-order valence-electron chi connectivity index (χ3n) is 4.00. The summed E-state index contributed by atoms with van der Waals surface area (Å²) in [5.41, 5.74) is 7.68. The molecule has 3 rings (SSSR count). The number of aromatic nitrogens is 1. The molecule has 0 radical (unpaired) electrons. The molecular formula is C18H22ClN5O2. The average Bonchev–Trinajstić information content (AvgIpc) is 2.68. The number of methoxy groups -OCH3 is 1. The molecule has 0 spiro atoms. The highest BCUT2D eigenvalue weighted by Crippen LogP contribution is 2.27. The van der Waals surface area contributed by atoms with Gasteiger partial charge in [0, 0.05) is 25.0 Å². The minimum atomic E-state index is 0.309. The molecule has 0 saturated carbocycles. The largest absolute Gasteiger partial charge is 0.495 e. The smallest absolute Gasteiger partial charge is 0.193 e. The predicted molar refractivity (Wildman–Crippen MR) is 104 cm³/mol. The number of aliphatic imine (C=N–C) groups is 1. The van der Waals surface area contributed by atoms with E-state index >= 15 is 0 Å². The summed E-state index contributed by atoms with van der Waals surface area (Å²) >= 11 is 6.10. The molecule has 1 fully saturated rings. The van der Waals surface area contributed by atoms with Crippen LogP contribution in [0.3, 0.4) is 0 Å². The van der Waals surface area contributed by atoms with E-state index in [0.717, 1.165) is 43.4 Å². The number of pyridine rings is 1. The summed E-state index contributed by atoms with van der Waals surface area (Å²) in [5.74, 6) is 1.88. The van der Waals surface area contributed by atoms with E-state index in [0.29, 0.717) is 23.3 Å². The van der Waals surface area contributed by atoms with Gasteiger partial charge in [0.15, 0.2) is 5.96 Å². The average molecular weight is 376 g/mol. The van der Waals surface area contributed by atoms with Crippen LogP contribution >= 0.6 is 11.6 Å². The van der Waals surface area contributed by atoms with Gasteiger partial charge in [0.1, 0.15) is 11.6 Å². The summed E-state index contributed by atoms with van der Waals surface area (Å²) in [4.78, 5) is 11.1. The third kappa shape index (κ3) is 4.77. The standard InChI is InChI=1S/C18H22ClN5O2/c1-25-16-4-3-14(10-15(16)19)23-18(20)22-12-13-2-5-17(21-11-13)24-6-8-26-9-7-24/h2-5,10-11H,6-9,12H2,1H3,(H3,20,22,23). The van der Waals surface area contributed by atoms with Gasteiger partial charge < -0.3 is 25.4 Å². The maximum atomic E-state index is 6.10. The lowest BCUT2D eigenvalue weighted by atomic mass is 10.2. The molecule has 0 atom stereocenters. The minimum absolute atomic E-state index is 0.309. The number of halogens is 1. The number of benzene rings is 1. The Morgan fingerprint density at radius 2 is 2.15 bits per heavy atom. The Hall–Kier alpha value is -2.51. The molecule has 8 heteroatoms. The zero-order valence-electron chi connectivity index (χ0n) is 14.6. The van der Waals surface area contributed by atoms with Gasteiger partial charge in [0.05, 0.1) is 31.9 Å². The van der Waals surface area contributed by atoms with Gasteiger partial charge in [-0.25, -0.2) is 9.98 Å². The van der Waals surface area contributed by atoms with Gasteiger partial charge >= 0.3 is 0 Å². The summed E-state index contributed by atoms with van der Waals surface area (Å²) in [6.45, 7) is 3.66. The summed E-state index contributed by atoms with van der Waals surface area (Å²) < 4.78 is 10.5. The Morgan fingerprint density at radius 3 is 2.81 bits per heavy atom. The second-order valence-corrected chi connectivity index (χ2v) is 6.21. The summed E-state index contributed by atoms with van der Waals surface area (Å²) in [5, 5.41) is 3.52. The van der Waals surface area contributed by atoms with Crippen LogP contribution in [-0.2, 0) is 11.3 Å². The van der Waals surface area contributed by atoms with Gasteiger partial charge in [0.25, 0.3) is 0 Å². The molecule has 0 unspecified atom stereocenters. The molecule has 3 N–H and O–H groups in total. The van der Waals surface area contributed by atoms with Crippen LogP contribution in [0.4, 0.5) is 11.5 Å². The van der Waals surface area contributed by atoms with Crippen molar-refractivity contribution < 1.29 is 9.47 Å². The molecule has 26 heavy (non-hydrogen) atoms. The maximum Gasteiger partial charge on any atom is 0.193 e. The molecule has 0 bridgehead atoms. The predicted octanol–water partition coefficient (Wildman–Crippen LogP) is 2.51. The lowest BCUT2D eigenvalue weighted by Gasteiger charge is -2.27. The molecule has 0 amide bonds. The van der Waals surface area contributed by atoms with Gasteiger partial charge in [-0.1, -0.05) is 17.7 Å². The van der Waals surface area contributed by atoms with Crippen molar-refractivity contribution in [2.75, 3.05) is 43.6 Å². The SMILES string of the molecule is COc1ccc(NC(N)=NCc2ccc(N3CCOCC3)nc2)cc1Cl. The Labute approximate surface area is 157 Å². The second-order valence-electron chi connectivity index (χ2n) is 5.80. The Balaban J connectivity index is 1.57. The molecule has 138 valence electrons. The van der Waals surface area contributed by atoms with Crippen molar-refractivity contribution >= 4 is 29.1 Å². The van der Waals surface area contributed by atoms with E-state index in [1.165, 1.54) is 0 Å². The molecule has 7 nitrogen and oxygen atoms in total. The molecule has 1 aromatic carbocycles. The van der Waals surface area contributed by atoms with E-state index in [1.807, 2.05) is 24.4 Å². The zero-order valence-corrected chi connectivity index (χ0v) is 15.4. The molecule has 2 heterocycles. The number of hydrogen-bond donors (Lipinski definition) is 2. The van der Waals surface area contributed by atoms with E-state index in [9.17, 15) is 0 Å².